The van der Waals surface area contributed by atoms with Crippen molar-refractivity contribution >= 4 is 5.91 Å². The third-order valence-corrected chi connectivity index (χ3v) is 1.67. The topological polar surface area (TPSA) is 57.8 Å². The van der Waals surface area contributed by atoms with Crippen LogP contribution in [0.25, 0.3) is 0 Å². The van der Waals surface area contributed by atoms with Crippen molar-refractivity contribution in [1.29, 1.82) is 0 Å². The molecule has 1 heterocycles. The van der Waals surface area contributed by atoms with Crippen molar-refractivity contribution in [2.45, 2.75) is 26.7 Å². The number of hydrogen-bond acceptors (Lipinski definition) is 2. The summed E-state index contributed by atoms with van der Waals surface area (Å²) in [4.78, 5) is 18.0. The van der Waals surface area contributed by atoms with Crippen LogP contribution in [0.4, 0.5) is 0 Å². The number of imidazole rings is 1. The minimum Gasteiger partial charge on any atom is -0.356 e. The first-order chi connectivity index (χ1) is 6.22. The Kier molecular flexibility index (Phi) is 3.49. The van der Waals surface area contributed by atoms with Gasteiger partial charge in [0.05, 0.1) is 0 Å². The molecule has 0 bridgehead atoms. The highest BCUT2D eigenvalue weighted by Crippen LogP contribution is 1.98. The lowest BCUT2D eigenvalue weighted by atomic mass is 10.2. The summed E-state index contributed by atoms with van der Waals surface area (Å²) in [5.41, 5.74) is 0.892. The van der Waals surface area contributed by atoms with E-state index in [1.807, 2.05) is 13.8 Å². The van der Waals surface area contributed by atoms with Crippen molar-refractivity contribution in [3.8, 4) is 0 Å². The zero-order valence-corrected chi connectivity index (χ0v) is 7.98. The summed E-state index contributed by atoms with van der Waals surface area (Å²) in [5.74, 6) is 0.911. The standard InChI is InChI=1S/C9H14N3O/c1-3-10-9(13)5-4-8-6-11-7(2)12-8/h3-5H2,1-2H3,(H,10,13)(H,11,12). The van der Waals surface area contributed by atoms with Gasteiger partial charge in [-0.3, -0.25) is 4.79 Å². The average Bonchev–Trinajstić information content (AvgIpc) is 2.49. The molecule has 1 aromatic heterocycles. The zero-order chi connectivity index (χ0) is 9.68. The molecule has 0 aliphatic rings. The van der Waals surface area contributed by atoms with Gasteiger partial charge in [-0.25, -0.2) is 4.98 Å². The molecular formula is C9H14N3O. The molecule has 0 saturated heterocycles. The molecule has 0 atom stereocenters. The number of nitrogens with zero attached hydrogens (tertiary/aromatic N) is 1. The predicted molar refractivity (Wildman–Crippen MR) is 49.2 cm³/mol. The quantitative estimate of drug-likeness (QED) is 0.712. The maximum Gasteiger partial charge on any atom is 0.220 e. The highest BCUT2D eigenvalue weighted by Gasteiger charge is 2.02. The number of carbonyl (C=O) groups excluding carboxylic acids is 1. The van der Waals surface area contributed by atoms with Gasteiger partial charge in [-0.2, -0.15) is 0 Å². The molecule has 0 aliphatic carbocycles. The van der Waals surface area contributed by atoms with Gasteiger partial charge in [-0.15, -0.1) is 0 Å². The summed E-state index contributed by atoms with van der Waals surface area (Å²) < 4.78 is 0. The number of hydrogen-bond donors (Lipinski definition) is 2. The van der Waals surface area contributed by atoms with E-state index >= 15 is 0 Å². The Morgan fingerprint density at radius 1 is 1.69 bits per heavy atom. The van der Waals surface area contributed by atoms with Gasteiger partial charge in [-0.1, -0.05) is 0 Å². The van der Waals surface area contributed by atoms with E-state index in [1.54, 1.807) is 0 Å². The average molecular weight is 180 g/mol. The second-order valence-corrected chi connectivity index (χ2v) is 2.87. The molecule has 1 radical (unpaired) electrons. The van der Waals surface area contributed by atoms with Crippen LogP contribution in [0.3, 0.4) is 0 Å². The summed E-state index contributed by atoms with van der Waals surface area (Å²) >= 11 is 0. The summed E-state index contributed by atoms with van der Waals surface area (Å²) in [6, 6.07) is 0. The van der Waals surface area contributed by atoms with Gasteiger partial charge < -0.3 is 10.3 Å². The number of amides is 1. The minimum atomic E-state index is 0.0724. The lowest BCUT2D eigenvalue weighted by Gasteiger charge is -1.99. The maximum absolute atomic E-state index is 11.1. The van der Waals surface area contributed by atoms with Crippen LogP contribution < -0.4 is 5.32 Å². The minimum absolute atomic E-state index is 0.0724. The molecule has 2 N–H and O–H groups in total. The number of H-pyrrole nitrogens is 1. The summed E-state index contributed by atoms with van der Waals surface area (Å²) in [7, 11) is 0. The molecule has 1 aromatic rings. The number of nitrogens with one attached hydrogen (secondary N) is 2. The van der Waals surface area contributed by atoms with Crippen LogP contribution in [0.2, 0.25) is 0 Å². The number of aromatic amines is 1. The zero-order valence-electron chi connectivity index (χ0n) is 7.98. The van der Waals surface area contributed by atoms with Crippen LogP contribution in [0, 0.1) is 13.1 Å². The molecule has 13 heavy (non-hydrogen) atoms. The molecule has 1 amide bonds. The van der Waals surface area contributed by atoms with Crippen LogP contribution in [0.1, 0.15) is 24.9 Å². The monoisotopic (exact) mass is 180 g/mol. The van der Waals surface area contributed by atoms with Crippen LogP contribution >= 0.6 is 0 Å². The molecule has 4 heteroatoms. The Morgan fingerprint density at radius 2 is 2.46 bits per heavy atom. The van der Waals surface area contributed by atoms with Gasteiger partial charge in [0, 0.05) is 18.7 Å². The molecule has 0 fully saturated rings. The summed E-state index contributed by atoms with van der Waals surface area (Å²) in [6.07, 6.45) is 3.98. The second-order valence-electron chi connectivity index (χ2n) is 2.87. The van der Waals surface area contributed by atoms with Gasteiger partial charge >= 0.3 is 0 Å². The smallest absolute Gasteiger partial charge is 0.220 e. The van der Waals surface area contributed by atoms with E-state index < -0.39 is 0 Å². The molecule has 0 unspecified atom stereocenters. The van der Waals surface area contributed by atoms with E-state index in [4.69, 9.17) is 0 Å². The van der Waals surface area contributed by atoms with Crippen LogP contribution in [-0.4, -0.2) is 22.4 Å². The van der Waals surface area contributed by atoms with Crippen molar-refractivity contribution in [3.63, 3.8) is 0 Å². The van der Waals surface area contributed by atoms with Crippen LogP contribution in [-0.2, 0) is 11.2 Å². The molecule has 0 saturated carbocycles. The van der Waals surface area contributed by atoms with Gasteiger partial charge in [0.25, 0.3) is 0 Å². The lowest BCUT2D eigenvalue weighted by Crippen LogP contribution is -2.22. The molecule has 71 valence electrons. The molecule has 4 nitrogen and oxygen atoms in total. The number of carbonyl (C=O) groups is 1. The Labute approximate surface area is 77.8 Å². The van der Waals surface area contributed by atoms with Gasteiger partial charge in [0.2, 0.25) is 5.91 Å². The third-order valence-electron chi connectivity index (χ3n) is 1.67. The highest BCUT2D eigenvalue weighted by molar-refractivity contribution is 5.75. The van der Waals surface area contributed by atoms with Crippen molar-refractivity contribution in [3.05, 3.63) is 17.7 Å². The first-order valence-corrected chi connectivity index (χ1v) is 4.42. The molecule has 0 spiro atoms. The second kappa shape index (κ2) is 4.64. The predicted octanol–water partition coefficient (Wildman–Crippen LogP) is 0.587. The number of aryl methyl sites for hydroxylation is 2. The normalized spacial score (nSPS) is 10.0. The largest absolute Gasteiger partial charge is 0.356 e. The van der Waals surface area contributed by atoms with E-state index in [9.17, 15) is 4.79 Å². The first kappa shape index (κ1) is 9.77. The molecular weight excluding hydrogens is 166 g/mol. The van der Waals surface area contributed by atoms with Crippen molar-refractivity contribution in [2.24, 2.45) is 0 Å². The van der Waals surface area contributed by atoms with Gasteiger partial charge in [-0.05, 0) is 20.3 Å². The maximum atomic E-state index is 11.1. The van der Waals surface area contributed by atoms with Gasteiger partial charge in [0.1, 0.15) is 12.0 Å². The summed E-state index contributed by atoms with van der Waals surface area (Å²) in [6.45, 7) is 4.46. The Morgan fingerprint density at radius 3 is 3.00 bits per heavy atom. The SMILES string of the molecule is CCNC(=O)CCc1[c]nc(C)[nH]1. The molecule has 0 aromatic carbocycles. The van der Waals surface area contributed by atoms with Crippen molar-refractivity contribution in [2.75, 3.05) is 6.54 Å². The Hall–Kier alpha value is -1.32. The van der Waals surface area contributed by atoms with E-state index in [0.29, 0.717) is 19.4 Å². The van der Waals surface area contributed by atoms with Crippen LogP contribution in [0.15, 0.2) is 0 Å². The van der Waals surface area contributed by atoms with Crippen molar-refractivity contribution < 1.29 is 4.79 Å². The lowest BCUT2D eigenvalue weighted by molar-refractivity contribution is -0.120. The van der Waals surface area contributed by atoms with E-state index in [1.165, 1.54) is 0 Å². The highest BCUT2D eigenvalue weighted by atomic mass is 16.1. The third kappa shape index (κ3) is 3.27. The van der Waals surface area contributed by atoms with Gasteiger partial charge in [0.15, 0.2) is 0 Å². The fourth-order valence-electron chi connectivity index (χ4n) is 1.07. The first-order valence-electron chi connectivity index (χ1n) is 4.42. The Balaban J connectivity index is 2.30. The summed E-state index contributed by atoms with van der Waals surface area (Å²) in [5, 5.41) is 2.74. The fraction of sp³-hybridized carbons (Fsp3) is 0.556. The molecule has 1 rings (SSSR count). The van der Waals surface area contributed by atoms with E-state index in [-0.39, 0.29) is 5.91 Å². The van der Waals surface area contributed by atoms with Crippen molar-refractivity contribution in [1.82, 2.24) is 15.3 Å². The fourth-order valence-corrected chi connectivity index (χ4v) is 1.07. The Bertz CT molecular complexity index is 280. The number of rotatable bonds is 4. The van der Waals surface area contributed by atoms with E-state index in [2.05, 4.69) is 21.5 Å². The van der Waals surface area contributed by atoms with E-state index in [0.717, 1.165) is 11.5 Å². The molecule has 0 aliphatic heterocycles. The van der Waals surface area contributed by atoms with Crippen LogP contribution in [0.5, 0.6) is 0 Å². The number of aromatic nitrogens is 2.